The molecule has 1 N–H and O–H groups in total. The van der Waals surface area contributed by atoms with Gasteiger partial charge >= 0.3 is 12.1 Å². The van der Waals surface area contributed by atoms with Gasteiger partial charge in [-0.2, -0.15) is 13.2 Å². The molecule has 0 spiro atoms. The summed E-state index contributed by atoms with van der Waals surface area (Å²) >= 11 is 0. The number of carboxylic acid groups (broad SMARTS) is 1. The van der Waals surface area contributed by atoms with Gasteiger partial charge < -0.3 is 9.84 Å². The second-order valence-corrected chi connectivity index (χ2v) is 4.19. The van der Waals surface area contributed by atoms with E-state index < -0.39 is 23.5 Å². The maximum atomic E-state index is 13.0. The molecular formula is C13H14F4O3. The highest BCUT2D eigenvalue weighted by molar-refractivity contribution is 5.66. The molecule has 1 rings (SSSR count). The lowest BCUT2D eigenvalue weighted by atomic mass is 10.2. The van der Waals surface area contributed by atoms with Crippen molar-refractivity contribution in [2.45, 2.75) is 31.9 Å². The van der Waals surface area contributed by atoms with Gasteiger partial charge in [-0.15, -0.1) is 0 Å². The molecular weight excluding hydrogens is 280 g/mol. The molecule has 0 fully saturated rings. The Labute approximate surface area is 113 Å². The van der Waals surface area contributed by atoms with Crippen molar-refractivity contribution in [3.05, 3.63) is 29.6 Å². The summed E-state index contributed by atoms with van der Waals surface area (Å²) in [5, 5.41) is 8.41. The van der Waals surface area contributed by atoms with Crippen LogP contribution in [0.2, 0.25) is 0 Å². The number of carboxylic acids is 1. The van der Waals surface area contributed by atoms with Crippen molar-refractivity contribution in [2.24, 2.45) is 0 Å². The van der Waals surface area contributed by atoms with E-state index >= 15 is 0 Å². The van der Waals surface area contributed by atoms with Gasteiger partial charge in [-0.05, 0) is 37.5 Å². The van der Waals surface area contributed by atoms with Crippen LogP contribution in [-0.2, 0) is 11.0 Å². The molecule has 112 valence electrons. The summed E-state index contributed by atoms with van der Waals surface area (Å²) in [5.74, 6) is -2.29. The normalized spacial score (nSPS) is 11.4. The number of hydrogen-bond donors (Lipinski definition) is 1. The van der Waals surface area contributed by atoms with Gasteiger partial charge in [0.1, 0.15) is 11.6 Å². The highest BCUT2D eigenvalue weighted by atomic mass is 19.4. The summed E-state index contributed by atoms with van der Waals surface area (Å²) in [5.41, 5.74) is -1.36. The first-order valence-electron chi connectivity index (χ1n) is 6.02. The third kappa shape index (κ3) is 5.46. The Kier molecular flexibility index (Phi) is 5.79. The van der Waals surface area contributed by atoms with Crippen molar-refractivity contribution >= 4 is 5.97 Å². The number of alkyl halides is 3. The molecule has 1 aromatic carbocycles. The summed E-state index contributed by atoms with van der Waals surface area (Å²) in [6.45, 7) is 0.155. The van der Waals surface area contributed by atoms with Crippen LogP contribution < -0.4 is 4.74 Å². The van der Waals surface area contributed by atoms with Crippen molar-refractivity contribution in [3.8, 4) is 5.75 Å². The molecule has 0 heterocycles. The van der Waals surface area contributed by atoms with Crippen LogP contribution in [0.25, 0.3) is 0 Å². The van der Waals surface area contributed by atoms with Crippen LogP contribution >= 0.6 is 0 Å². The fourth-order valence-corrected chi connectivity index (χ4v) is 1.56. The Bertz CT molecular complexity index is 457. The molecule has 0 radical (unpaired) electrons. The van der Waals surface area contributed by atoms with Gasteiger partial charge in [0.05, 0.1) is 12.2 Å². The van der Waals surface area contributed by atoms with Crippen molar-refractivity contribution in [1.82, 2.24) is 0 Å². The van der Waals surface area contributed by atoms with Crippen molar-refractivity contribution in [2.75, 3.05) is 6.61 Å². The quantitative estimate of drug-likeness (QED) is 0.613. The molecule has 0 aliphatic carbocycles. The van der Waals surface area contributed by atoms with Crippen molar-refractivity contribution in [3.63, 3.8) is 0 Å². The molecule has 0 atom stereocenters. The largest absolute Gasteiger partial charge is 0.494 e. The average molecular weight is 294 g/mol. The Morgan fingerprint density at radius 1 is 1.20 bits per heavy atom. The first kappa shape index (κ1) is 16.3. The molecule has 20 heavy (non-hydrogen) atoms. The van der Waals surface area contributed by atoms with Crippen LogP contribution in [0.5, 0.6) is 5.75 Å². The molecule has 0 bridgehead atoms. The number of unbranched alkanes of at least 4 members (excludes halogenated alkanes) is 2. The first-order chi connectivity index (χ1) is 9.30. The third-order valence-corrected chi connectivity index (χ3v) is 2.55. The Hall–Kier alpha value is -1.79. The topological polar surface area (TPSA) is 46.5 Å². The Morgan fingerprint density at radius 2 is 1.90 bits per heavy atom. The molecule has 0 amide bonds. The van der Waals surface area contributed by atoms with E-state index in [1.807, 2.05) is 0 Å². The van der Waals surface area contributed by atoms with Crippen molar-refractivity contribution in [1.29, 1.82) is 0 Å². The summed E-state index contributed by atoms with van der Waals surface area (Å²) in [6, 6.07) is 2.46. The molecule has 0 aliphatic rings. The molecule has 0 unspecified atom stereocenters. The number of benzene rings is 1. The standard InChI is InChI=1S/C13H14F4O3/c14-11-6-5-9(8-10(11)13(15,16)17)20-7-3-1-2-4-12(18)19/h5-6,8H,1-4,7H2,(H,18,19). The lowest BCUT2D eigenvalue weighted by molar-refractivity contribution is -0.140. The summed E-state index contributed by atoms with van der Waals surface area (Å²) in [4.78, 5) is 10.2. The predicted molar refractivity (Wildman–Crippen MR) is 63.0 cm³/mol. The van der Waals surface area contributed by atoms with E-state index in [0.29, 0.717) is 31.4 Å². The number of carbonyl (C=O) groups is 1. The zero-order chi connectivity index (χ0) is 15.2. The van der Waals surface area contributed by atoms with E-state index in [9.17, 15) is 22.4 Å². The zero-order valence-corrected chi connectivity index (χ0v) is 10.5. The van der Waals surface area contributed by atoms with Gasteiger partial charge in [0.15, 0.2) is 0 Å². The predicted octanol–water partition coefficient (Wildman–Crippen LogP) is 3.87. The number of ether oxygens (including phenoxy) is 1. The van der Waals surface area contributed by atoms with Crippen LogP contribution in [-0.4, -0.2) is 17.7 Å². The first-order valence-corrected chi connectivity index (χ1v) is 6.02. The van der Waals surface area contributed by atoms with Gasteiger partial charge in [-0.25, -0.2) is 4.39 Å². The van der Waals surface area contributed by atoms with E-state index in [1.165, 1.54) is 0 Å². The Balaban J connectivity index is 2.43. The minimum Gasteiger partial charge on any atom is -0.494 e. The lowest BCUT2D eigenvalue weighted by Crippen LogP contribution is -2.09. The molecule has 0 aliphatic heterocycles. The van der Waals surface area contributed by atoms with Gasteiger partial charge in [0.2, 0.25) is 0 Å². The lowest BCUT2D eigenvalue weighted by Gasteiger charge is -2.11. The van der Waals surface area contributed by atoms with E-state index in [2.05, 4.69) is 0 Å². The smallest absolute Gasteiger partial charge is 0.419 e. The van der Waals surface area contributed by atoms with Crippen LogP contribution in [0.15, 0.2) is 18.2 Å². The molecule has 0 saturated carbocycles. The monoisotopic (exact) mass is 294 g/mol. The Morgan fingerprint density at radius 3 is 2.50 bits per heavy atom. The molecule has 1 aromatic rings. The summed E-state index contributed by atoms with van der Waals surface area (Å²) < 4.78 is 55.4. The fourth-order valence-electron chi connectivity index (χ4n) is 1.56. The number of halogens is 4. The van der Waals surface area contributed by atoms with Crippen LogP contribution in [0.3, 0.4) is 0 Å². The van der Waals surface area contributed by atoms with E-state index in [0.717, 1.165) is 6.07 Å². The number of hydrogen-bond acceptors (Lipinski definition) is 2. The third-order valence-electron chi connectivity index (χ3n) is 2.55. The van der Waals surface area contributed by atoms with Gasteiger partial charge in [0.25, 0.3) is 0 Å². The van der Waals surface area contributed by atoms with Crippen LogP contribution in [0.1, 0.15) is 31.2 Å². The second-order valence-electron chi connectivity index (χ2n) is 4.19. The zero-order valence-electron chi connectivity index (χ0n) is 10.5. The van der Waals surface area contributed by atoms with E-state index in [-0.39, 0.29) is 18.8 Å². The van der Waals surface area contributed by atoms with Gasteiger partial charge in [0, 0.05) is 6.42 Å². The van der Waals surface area contributed by atoms with Crippen LogP contribution in [0.4, 0.5) is 17.6 Å². The number of rotatable bonds is 7. The molecule has 3 nitrogen and oxygen atoms in total. The van der Waals surface area contributed by atoms with Crippen LogP contribution in [0, 0.1) is 5.82 Å². The van der Waals surface area contributed by atoms with E-state index in [4.69, 9.17) is 9.84 Å². The summed E-state index contributed by atoms with van der Waals surface area (Å²) in [7, 11) is 0. The molecule has 7 heteroatoms. The highest BCUT2D eigenvalue weighted by Crippen LogP contribution is 2.33. The van der Waals surface area contributed by atoms with Gasteiger partial charge in [-0.3, -0.25) is 4.79 Å². The average Bonchev–Trinajstić information content (AvgIpc) is 2.33. The minimum atomic E-state index is -4.76. The maximum Gasteiger partial charge on any atom is 0.419 e. The minimum absolute atomic E-state index is 0.0504. The molecule has 0 saturated heterocycles. The summed E-state index contributed by atoms with van der Waals surface area (Å²) in [6.07, 6.45) is -3.11. The van der Waals surface area contributed by atoms with E-state index in [1.54, 1.807) is 0 Å². The molecule has 0 aromatic heterocycles. The second kappa shape index (κ2) is 7.12. The van der Waals surface area contributed by atoms with Crippen molar-refractivity contribution < 1.29 is 32.2 Å². The fraction of sp³-hybridized carbons (Fsp3) is 0.462. The SMILES string of the molecule is O=C(O)CCCCCOc1ccc(F)c(C(F)(F)F)c1. The maximum absolute atomic E-state index is 13.0. The number of aliphatic carboxylic acids is 1. The van der Waals surface area contributed by atoms with Gasteiger partial charge in [-0.1, -0.05) is 0 Å². The highest BCUT2D eigenvalue weighted by Gasteiger charge is 2.34.